The maximum absolute atomic E-state index is 14.1. The molecule has 166 valence electrons. The molecule has 4 rings (SSSR count). The predicted octanol–water partition coefficient (Wildman–Crippen LogP) is 4.44. The fourth-order valence-electron chi connectivity index (χ4n) is 3.63. The van der Waals surface area contributed by atoms with Crippen molar-refractivity contribution >= 4 is 23.2 Å². The number of aromatic nitrogens is 2. The van der Waals surface area contributed by atoms with Gasteiger partial charge in [-0.3, -0.25) is 9.59 Å². The number of hydrogen-bond donors (Lipinski definition) is 1. The Morgan fingerprint density at radius 3 is 2.72 bits per heavy atom. The number of carbonyl (C=O) groups is 2. The minimum atomic E-state index is -0.849. The lowest BCUT2D eigenvalue weighted by molar-refractivity contribution is -0.122. The predicted molar refractivity (Wildman–Crippen MR) is 114 cm³/mol. The molecule has 7 nitrogen and oxygen atoms in total. The third-order valence-electron chi connectivity index (χ3n) is 5.41. The Kier molecular flexibility index (Phi) is 5.73. The summed E-state index contributed by atoms with van der Waals surface area (Å²) in [6.07, 6.45) is -0.0814. The van der Waals surface area contributed by atoms with Gasteiger partial charge in [0.2, 0.25) is 11.8 Å². The van der Waals surface area contributed by atoms with E-state index in [0.29, 0.717) is 23.1 Å². The van der Waals surface area contributed by atoms with E-state index in [9.17, 15) is 18.4 Å². The van der Waals surface area contributed by atoms with Crippen LogP contribution in [0.25, 0.3) is 11.5 Å². The molecule has 0 spiro atoms. The summed E-state index contributed by atoms with van der Waals surface area (Å²) >= 11 is 0. The molecular formula is C23H22F2N4O3. The van der Waals surface area contributed by atoms with Gasteiger partial charge in [0.15, 0.2) is 5.82 Å². The smallest absolute Gasteiger partial charge is 0.260 e. The molecule has 0 aliphatic carbocycles. The molecule has 32 heavy (non-hydrogen) atoms. The van der Waals surface area contributed by atoms with E-state index in [4.69, 9.17) is 4.52 Å². The quantitative estimate of drug-likeness (QED) is 0.634. The first-order valence-corrected chi connectivity index (χ1v) is 10.2. The topological polar surface area (TPSA) is 88.3 Å². The maximum atomic E-state index is 14.1. The normalized spacial score (nSPS) is 16.1. The first-order chi connectivity index (χ1) is 15.2. The van der Waals surface area contributed by atoms with Gasteiger partial charge in [0.05, 0.1) is 22.9 Å². The standard InChI is InChI=1S/C23H22F2N4O3/c1-12(2)21-27-23(32-28-21)16-6-4-5-13(3)20(16)26-22(31)14-9-19(30)29(11-14)18-8-7-15(24)10-17(18)25/h4-8,10,12,14H,9,11H2,1-3H3,(H,26,31). The molecule has 1 unspecified atom stereocenters. The first-order valence-electron chi connectivity index (χ1n) is 10.2. The van der Waals surface area contributed by atoms with E-state index in [1.165, 1.54) is 11.0 Å². The average molecular weight is 440 g/mol. The van der Waals surface area contributed by atoms with Crippen molar-refractivity contribution in [3.63, 3.8) is 0 Å². The summed E-state index contributed by atoms with van der Waals surface area (Å²) in [5, 5.41) is 6.85. The molecule has 1 N–H and O–H groups in total. The first kappa shape index (κ1) is 21.6. The summed E-state index contributed by atoms with van der Waals surface area (Å²) in [5.41, 5.74) is 1.82. The number of hydrogen-bond acceptors (Lipinski definition) is 5. The van der Waals surface area contributed by atoms with Crippen molar-refractivity contribution in [3.8, 4) is 11.5 Å². The van der Waals surface area contributed by atoms with E-state index >= 15 is 0 Å². The largest absolute Gasteiger partial charge is 0.334 e. The molecule has 3 aromatic rings. The van der Waals surface area contributed by atoms with E-state index in [1.807, 2.05) is 32.9 Å². The van der Waals surface area contributed by atoms with Gasteiger partial charge in [-0.05, 0) is 30.7 Å². The molecule has 1 aromatic heterocycles. The van der Waals surface area contributed by atoms with Crippen molar-refractivity contribution in [1.82, 2.24) is 10.1 Å². The third-order valence-corrected chi connectivity index (χ3v) is 5.41. The molecule has 1 aliphatic rings. The Hall–Kier alpha value is -3.62. The highest BCUT2D eigenvalue weighted by Crippen LogP contribution is 2.33. The summed E-state index contributed by atoms with van der Waals surface area (Å²) in [6, 6.07) is 8.40. The molecule has 1 aliphatic heterocycles. The molecule has 1 fully saturated rings. The number of amides is 2. The molecule has 2 aromatic carbocycles. The molecule has 1 saturated heterocycles. The average Bonchev–Trinajstić information content (AvgIpc) is 3.37. The van der Waals surface area contributed by atoms with Gasteiger partial charge in [0.1, 0.15) is 11.6 Å². The number of nitrogens with zero attached hydrogens (tertiary/aromatic N) is 3. The van der Waals surface area contributed by atoms with Crippen LogP contribution in [0.2, 0.25) is 0 Å². The van der Waals surface area contributed by atoms with Gasteiger partial charge in [-0.25, -0.2) is 8.78 Å². The lowest BCUT2D eigenvalue weighted by Crippen LogP contribution is -2.29. The number of benzene rings is 2. The Labute approximate surface area is 183 Å². The van der Waals surface area contributed by atoms with Crippen molar-refractivity contribution in [1.29, 1.82) is 0 Å². The van der Waals surface area contributed by atoms with E-state index in [2.05, 4.69) is 15.5 Å². The highest BCUT2D eigenvalue weighted by molar-refractivity contribution is 6.04. The summed E-state index contributed by atoms with van der Waals surface area (Å²) < 4.78 is 32.7. The van der Waals surface area contributed by atoms with Crippen LogP contribution in [0.15, 0.2) is 40.9 Å². The zero-order valence-electron chi connectivity index (χ0n) is 17.9. The summed E-state index contributed by atoms with van der Waals surface area (Å²) in [6.45, 7) is 5.71. The van der Waals surface area contributed by atoms with Gasteiger partial charge in [-0.2, -0.15) is 4.98 Å². The van der Waals surface area contributed by atoms with E-state index < -0.39 is 23.5 Å². The molecule has 2 heterocycles. The monoisotopic (exact) mass is 440 g/mol. The van der Waals surface area contributed by atoms with Crippen LogP contribution in [-0.4, -0.2) is 28.5 Å². The molecule has 1 atom stereocenters. The Balaban J connectivity index is 1.56. The lowest BCUT2D eigenvalue weighted by Gasteiger charge is -2.18. The van der Waals surface area contributed by atoms with Crippen molar-refractivity contribution in [2.24, 2.45) is 5.92 Å². The van der Waals surface area contributed by atoms with Crippen molar-refractivity contribution in [2.45, 2.75) is 33.1 Å². The highest BCUT2D eigenvalue weighted by Gasteiger charge is 2.36. The number of nitrogens with one attached hydrogen (secondary N) is 1. The third kappa shape index (κ3) is 4.10. The van der Waals surface area contributed by atoms with Crippen LogP contribution in [0, 0.1) is 24.5 Å². The molecule has 0 radical (unpaired) electrons. The van der Waals surface area contributed by atoms with Crippen molar-refractivity contribution < 1.29 is 22.9 Å². The van der Waals surface area contributed by atoms with E-state index in [0.717, 1.165) is 11.6 Å². The second kappa shape index (κ2) is 8.49. The molecule has 2 amide bonds. The second-order valence-corrected chi connectivity index (χ2v) is 8.10. The van der Waals surface area contributed by atoms with Gasteiger partial charge in [0.25, 0.3) is 5.89 Å². The van der Waals surface area contributed by atoms with Crippen LogP contribution in [0.4, 0.5) is 20.2 Å². The number of halogens is 2. The number of anilines is 2. The van der Waals surface area contributed by atoms with Gasteiger partial charge in [-0.1, -0.05) is 31.1 Å². The minimum Gasteiger partial charge on any atom is -0.334 e. The van der Waals surface area contributed by atoms with Gasteiger partial charge < -0.3 is 14.7 Å². The van der Waals surface area contributed by atoms with Crippen LogP contribution in [0.3, 0.4) is 0 Å². The van der Waals surface area contributed by atoms with Crippen LogP contribution >= 0.6 is 0 Å². The van der Waals surface area contributed by atoms with E-state index in [-0.39, 0.29) is 36.4 Å². The van der Waals surface area contributed by atoms with Gasteiger partial charge in [-0.15, -0.1) is 0 Å². The fourth-order valence-corrected chi connectivity index (χ4v) is 3.63. The van der Waals surface area contributed by atoms with E-state index in [1.54, 1.807) is 6.07 Å². The van der Waals surface area contributed by atoms with Crippen molar-refractivity contribution in [3.05, 3.63) is 59.4 Å². The Morgan fingerprint density at radius 1 is 1.25 bits per heavy atom. The van der Waals surface area contributed by atoms with Crippen LogP contribution in [0.1, 0.15) is 37.6 Å². The zero-order chi connectivity index (χ0) is 23.0. The van der Waals surface area contributed by atoms with Crippen LogP contribution in [-0.2, 0) is 9.59 Å². The number of rotatable bonds is 5. The second-order valence-electron chi connectivity index (χ2n) is 8.10. The molecular weight excluding hydrogens is 418 g/mol. The molecule has 0 saturated carbocycles. The van der Waals surface area contributed by atoms with Gasteiger partial charge in [0, 0.05) is 24.9 Å². The number of carbonyl (C=O) groups excluding carboxylic acids is 2. The maximum Gasteiger partial charge on any atom is 0.260 e. The minimum absolute atomic E-state index is 0.00745. The molecule has 9 heteroatoms. The SMILES string of the molecule is Cc1cccc(-c2nc(C(C)C)no2)c1NC(=O)C1CC(=O)N(c2ccc(F)cc2F)C1. The Bertz CT molecular complexity index is 1190. The zero-order valence-corrected chi connectivity index (χ0v) is 17.9. The number of para-hydroxylation sites is 1. The van der Waals surface area contributed by atoms with Crippen LogP contribution < -0.4 is 10.2 Å². The van der Waals surface area contributed by atoms with Crippen molar-refractivity contribution in [2.75, 3.05) is 16.8 Å². The van der Waals surface area contributed by atoms with Gasteiger partial charge >= 0.3 is 0 Å². The molecule has 0 bridgehead atoms. The van der Waals surface area contributed by atoms with Crippen LogP contribution in [0.5, 0.6) is 0 Å². The fraction of sp³-hybridized carbons (Fsp3) is 0.304. The summed E-state index contributed by atoms with van der Waals surface area (Å²) in [7, 11) is 0. The number of aryl methyl sites for hydroxylation is 1. The highest BCUT2D eigenvalue weighted by atomic mass is 19.1. The lowest BCUT2D eigenvalue weighted by atomic mass is 10.0. The summed E-state index contributed by atoms with van der Waals surface area (Å²) in [4.78, 5) is 31.0. The summed E-state index contributed by atoms with van der Waals surface area (Å²) in [5.74, 6) is -2.16. The Morgan fingerprint density at radius 2 is 2.03 bits per heavy atom.